The molecule has 0 unspecified atom stereocenters. The zero-order valence-corrected chi connectivity index (χ0v) is 18.4. The van der Waals surface area contributed by atoms with E-state index in [9.17, 15) is 5.11 Å². The van der Waals surface area contributed by atoms with E-state index in [1.165, 1.54) is 32.1 Å². The van der Waals surface area contributed by atoms with Crippen LogP contribution in [0.4, 0.5) is 0 Å². The lowest BCUT2D eigenvalue weighted by molar-refractivity contribution is -0.0660. The Morgan fingerprint density at radius 2 is 1.93 bits per heavy atom. The van der Waals surface area contributed by atoms with Crippen molar-refractivity contribution in [3.63, 3.8) is 0 Å². The molecule has 4 aliphatic carbocycles. The smallest absolute Gasteiger partial charge is 0.0608 e. The Kier molecular flexibility index (Phi) is 5.05. The van der Waals surface area contributed by atoms with Gasteiger partial charge in [-0.2, -0.15) is 0 Å². The SMILES string of the molecule is CO[C@H]1CC[C@@]2(C)C(=CC[C@H]3[C@@H]4C[C@H](O)[C@H]([C@H](C)N(C)C)[C@@]4(C)CC[C@@H]32)C1. The Morgan fingerprint density at radius 1 is 1.19 bits per heavy atom. The Balaban J connectivity index is 1.63. The molecule has 0 saturated heterocycles. The maximum Gasteiger partial charge on any atom is 0.0608 e. The quantitative estimate of drug-likeness (QED) is 0.737. The topological polar surface area (TPSA) is 32.7 Å². The summed E-state index contributed by atoms with van der Waals surface area (Å²) >= 11 is 0. The second kappa shape index (κ2) is 6.85. The highest BCUT2D eigenvalue weighted by Gasteiger charge is 2.61. The van der Waals surface area contributed by atoms with Crippen LogP contribution >= 0.6 is 0 Å². The van der Waals surface area contributed by atoms with Crippen molar-refractivity contribution in [2.75, 3.05) is 21.2 Å². The molecule has 4 aliphatic rings. The van der Waals surface area contributed by atoms with E-state index in [2.05, 4.69) is 45.8 Å². The summed E-state index contributed by atoms with van der Waals surface area (Å²) in [6.07, 6.45) is 11.4. The van der Waals surface area contributed by atoms with Crippen LogP contribution in [0, 0.1) is 34.5 Å². The fraction of sp³-hybridized carbons (Fsp3) is 0.917. The molecule has 3 nitrogen and oxygen atoms in total. The molecular formula is C24H41NO2. The van der Waals surface area contributed by atoms with Gasteiger partial charge in [0, 0.05) is 19.1 Å². The summed E-state index contributed by atoms with van der Waals surface area (Å²) < 4.78 is 5.70. The van der Waals surface area contributed by atoms with E-state index in [1.807, 2.05) is 7.11 Å². The molecule has 0 aliphatic heterocycles. The van der Waals surface area contributed by atoms with Crippen LogP contribution in [-0.2, 0) is 4.74 Å². The Labute approximate surface area is 166 Å². The Bertz CT molecular complexity index is 601. The number of ether oxygens (including phenoxy) is 1. The van der Waals surface area contributed by atoms with Crippen LogP contribution < -0.4 is 0 Å². The number of rotatable bonds is 3. The Hall–Kier alpha value is -0.380. The predicted molar refractivity (Wildman–Crippen MR) is 111 cm³/mol. The summed E-state index contributed by atoms with van der Waals surface area (Å²) in [6.45, 7) is 7.38. The van der Waals surface area contributed by atoms with Gasteiger partial charge in [-0.15, -0.1) is 0 Å². The normalized spacial score (nSPS) is 50.6. The molecule has 0 heterocycles. The highest BCUT2D eigenvalue weighted by atomic mass is 16.5. The Morgan fingerprint density at radius 3 is 2.59 bits per heavy atom. The van der Waals surface area contributed by atoms with Gasteiger partial charge in [-0.25, -0.2) is 0 Å². The number of aliphatic hydroxyl groups excluding tert-OH is 1. The lowest BCUT2D eigenvalue weighted by Gasteiger charge is -2.58. The van der Waals surface area contributed by atoms with Crippen molar-refractivity contribution in [3.05, 3.63) is 11.6 Å². The van der Waals surface area contributed by atoms with E-state index in [0.29, 0.717) is 29.4 Å². The number of allylic oxidation sites excluding steroid dienone is 1. The molecule has 9 atom stereocenters. The molecule has 4 rings (SSSR count). The number of hydrogen-bond acceptors (Lipinski definition) is 3. The molecule has 3 heteroatoms. The molecule has 0 amide bonds. The van der Waals surface area contributed by atoms with E-state index in [-0.39, 0.29) is 11.5 Å². The van der Waals surface area contributed by atoms with Crippen molar-refractivity contribution >= 4 is 0 Å². The molecule has 3 fully saturated rings. The van der Waals surface area contributed by atoms with Gasteiger partial charge in [-0.3, -0.25) is 0 Å². The first-order valence-electron chi connectivity index (χ1n) is 11.3. The molecule has 27 heavy (non-hydrogen) atoms. The number of nitrogens with zero attached hydrogens (tertiary/aromatic N) is 1. The van der Waals surface area contributed by atoms with Gasteiger partial charge in [0.1, 0.15) is 0 Å². The second-order valence-corrected chi connectivity index (χ2v) is 10.9. The standard InChI is InChI=1S/C24H41NO2/c1-15(25(4)5)22-21(26)14-20-18-8-7-16-13-17(27-6)9-11-23(16,2)19(18)10-12-24(20,22)3/h7,15,17-22,26H,8-14H2,1-6H3/t15-,17-,18+,19-,20-,21-,22-,23-,24-/m0/s1. The van der Waals surface area contributed by atoms with Crippen LogP contribution in [0.15, 0.2) is 11.6 Å². The third kappa shape index (κ3) is 2.87. The van der Waals surface area contributed by atoms with Gasteiger partial charge in [-0.05, 0) is 94.5 Å². The number of methoxy groups -OCH3 is 1. The first-order chi connectivity index (χ1) is 12.7. The summed E-state index contributed by atoms with van der Waals surface area (Å²) in [5.41, 5.74) is 2.34. The van der Waals surface area contributed by atoms with Crippen molar-refractivity contribution in [2.24, 2.45) is 34.5 Å². The van der Waals surface area contributed by atoms with E-state index in [1.54, 1.807) is 5.57 Å². The first-order valence-corrected chi connectivity index (χ1v) is 11.3. The molecular weight excluding hydrogens is 334 g/mol. The number of fused-ring (bicyclic) bond motifs is 5. The zero-order valence-electron chi connectivity index (χ0n) is 18.4. The maximum absolute atomic E-state index is 11.1. The first kappa shape index (κ1) is 19.9. The van der Waals surface area contributed by atoms with Gasteiger partial charge in [0.05, 0.1) is 12.2 Å². The highest BCUT2D eigenvalue weighted by Crippen LogP contribution is 2.66. The van der Waals surface area contributed by atoms with Gasteiger partial charge >= 0.3 is 0 Å². The third-order valence-electron chi connectivity index (χ3n) is 9.84. The van der Waals surface area contributed by atoms with Gasteiger partial charge in [0.2, 0.25) is 0 Å². The van der Waals surface area contributed by atoms with E-state index in [4.69, 9.17) is 4.74 Å². The minimum absolute atomic E-state index is 0.140. The van der Waals surface area contributed by atoms with Crippen molar-refractivity contribution in [1.82, 2.24) is 4.90 Å². The van der Waals surface area contributed by atoms with Gasteiger partial charge in [-0.1, -0.05) is 25.5 Å². The molecule has 0 aromatic rings. The van der Waals surface area contributed by atoms with Crippen molar-refractivity contribution in [3.8, 4) is 0 Å². The largest absolute Gasteiger partial charge is 0.393 e. The summed E-state index contributed by atoms with van der Waals surface area (Å²) in [7, 11) is 6.22. The van der Waals surface area contributed by atoms with Crippen molar-refractivity contribution in [1.29, 1.82) is 0 Å². The molecule has 0 bridgehead atoms. The van der Waals surface area contributed by atoms with Crippen LogP contribution in [-0.4, -0.2) is 49.5 Å². The van der Waals surface area contributed by atoms with E-state index < -0.39 is 0 Å². The van der Waals surface area contributed by atoms with Gasteiger partial charge < -0.3 is 14.7 Å². The fourth-order valence-corrected chi connectivity index (χ4v) is 8.07. The fourth-order valence-electron chi connectivity index (χ4n) is 8.07. The van der Waals surface area contributed by atoms with Crippen LogP contribution in [0.1, 0.15) is 65.7 Å². The number of aliphatic hydroxyl groups is 1. The van der Waals surface area contributed by atoms with Crippen LogP contribution in [0.3, 0.4) is 0 Å². The predicted octanol–water partition coefficient (Wildman–Crippen LogP) is 4.50. The molecule has 1 N–H and O–H groups in total. The lowest BCUT2D eigenvalue weighted by atomic mass is 9.47. The van der Waals surface area contributed by atoms with Crippen LogP contribution in [0.5, 0.6) is 0 Å². The van der Waals surface area contributed by atoms with Crippen LogP contribution in [0.2, 0.25) is 0 Å². The van der Waals surface area contributed by atoms with Gasteiger partial charge in [0.25, 0.3) is 0 Å². The average Bonchev–Trinajstić information content (AvgIpc) is 2.90. The summed E-state index contributed by atoms with van der Waals surface area (Å²) in [5, 5.41) is 11.1. The minimum Gasteiger partial charge on any atom is -0.393 e. The third-order valence-corrected chi connectivity index (χ3v) is 9.84. The summed E-state index contributed by atoms with van der Waals surface area (Å²) in [6, 6.07) is 0.439. The summed E-state index contributed by atoms with van der Waals surface area (Å²) in [4.78, 5) is 2.32. The lowest BCUT2D eigenvalue weighted by Crippen LogP contribution is -2.52. The molecule has 0 spiro atoms. The molecule has 0 aromatic carbocycles. The number of hydrogen-bond donors (Lipinski definition) is 1. The van der Waals surface area contributed by atoms with E-state index in [0.717, 1.165) is 24.7 Å². The van der Waals surface area contributed by atoms with Crippen molar-refractivity contribution < 1.29 is 9.84 Å². The molecule has 0 radical (unpaired) electrons. The molecule has 154 valence electrons. The van der Waals surface area contributed by atoms with E-state index >= 15 is 0 Å². The monoisotopic (exact) mass is 375 g/mol. The van der Waals surface area contributed by atoms with Crippen molar-refractivity contribution in [2.45, 2.75) is 84.0 Å². The van der Waals surface area contributed by atoms with Gasteiger partial charge in [0.15, 0.2) is 0 Å². The average molecular weight is 376 g/mol. The highest BCUT2D eigenvalue weighted by molar-refractivity contribution is 5.26. The maximum atomic E-state index is 11.1. The molecule has 0 aromatic heterocycles. The minimum atomic E-state index is -0.140. The second-order valence-electron chi connectivity index (χ2n) is 10.9. The summed E-state index contributed by atoms with van der Waals surface area (Å²) in [5.74, 6) is 2.63. The zero-order chi connectivity index (χ0) is 19.6. The molecule has 3 saturated carbocycles. The van der Waals surface area contributed by atoms with Crippen LogP contribution in [0.25, 0.3) is 0 Å².